The Kier molecular flexibility index (Phi) is 4.55. The highest BCUT2D eigenvalue weighted by atomic mass is 15.3. The molecular weight excluding hydrogens is 344 g/mol. The van der Waals surface area contributed by atoms with Gasteiger partial charge in [-0.25, -0.2) is 0 Å². The minimum absolute atomic E-state index is 0.299. The second-order valence-corrected chi connectivity index (χ2v) is 7.31. The van der Waals surface area contributed by atoms with Crippen LogP contribution in [0.5, 0.6) is 0 Å². The van der Waals surface area contributed by atoms with Crippen molar-refractivity contribution < 1.29 is 0 Å². The van der Waals surface area contributed by atoms with Gasteiger partial charge in [0.15, 0.2) is 0 Å². The molecule has 3 heterocycles. The van der Waals surface area contributed by atoms with Crippen LogP contribution < -0.4 is 4.90 Å². The summed E-state index contributed by atoms with van der Waals surface area (Å²) < 4.78 is 0. The van der Waals surface area contributed by atoms with E-state index in [1.54, 1.807) is 0 Å². The number of anilines is 1. The van der Waals surface area contributed by atoms with Crippen LogP contribution in [0.4, 0.5) is 5.69 Å². The fourth-order valence-corrected chi connectivity index (χ4v) is 4.31. The maximum atomic E-state index is 4.45. The zero-order chi connectivity index (χ0) is 18.8. The minimum atomic E-state index is 0.299. The number of nitrogens with zero attached hydrogens (tertiary/aromatic N) is 3. The van der Waals surface area contributed by atoms with Gasteiger partial charge in [0, 0.05) is 38.6 Å². The first-order valence-corrected chi connectivity index (χ1v) is 9.91. The van der Waals surface area contributed by atoms with Gasteiger partial charge < -0.3 is 9.88 Å². The molecule has 28 heavy (non-hydrogen) atoms. The molecule has 140 valence electrons. The van der Waals surface area contributed by atoms with Crippen molar-refractivity contribution in [3.8, 4) is 0 Å². The molecule has 0 spiro atoms. The highest BCUT2D eigenvalue weighted by Crippen LogP contribution is 2.31. The first kappa shape index (κ1) is 17.0. The van der Waals surface area contributed by atoms with Crippen molar-refractivity contribution in [2.75, 3.05) is 31.1 Å². The summed E-state index contributed by atoms with van der Waals surface area (Å²) in [6.07, 6.45) is 3.88. The number of H-pyrrole nitrogens is 1. The lowest BCUT2D eigenvalue weighted by atomic mass is 9.96. The number of hydrogen-bond donors (Lipinski definition) is 1. The van der Waals surface area contributed by atoms with Crippen LogP contribution in [0.1, 0.15) is 17.2 Å². The van der Waals surface area contributed by atoms with Crippen molar-refractivity contribution >= 4 is 16.7 Å². The number of aromatic amines is 1. The highest BCUT2D eigenvalue weighted by molar-refractivity contribution is 5.88. The summed E-state index contributed by atoms with van der Waals surface area (Å²) in [4.78, 5) is 12.9. The van der Waals surface area contributed by atoms with Gasteiger partial charge in [-0.15, -0.1) is 0 Å². The molecule has 1 aliphatic rings. The van der Waals surface area contributed by atoms with Gasteiger partial charge in [-0.3, -0.25) is 9.88 Å². The molecule has 4 nitrogen and oxygen atoms in total. The summed E-state index contributed by atoms with van der Waals surface area (Å²) in [5, 5.41) is 0. The Morgan fingerprint density at radius 1 is 0.750 bits per heavy atom. The molecule has 0 aliphatic carbocycles. The largest absolute Gasteiger partial charge is 0.367 e. The second kappa shape index (κ2) is 7.49. The van der Waals surface area contributed by atoms with Crippen LogP contribution in [0.2, 0.25) is 0 Å². The lowest BCUT2D eigenvalue weighted by molar-refractivity contribution is 0.212. The molecule has 1 aliphatic heterocycles. The highest BCUT2D eigenvalue weighted by Gasteiger charge is 2.27. The van der Waals surface area contributed by atoms with E-state index < -0.39 is 0 Å². The molecule has 4 heteroatoms. The molecule has 2 aromatic heterocycles. The van der Waals surface area contributed by atoms with Gasteiger partial charge in [-0.1, -0.05) is 60.7 Å². The molecule has 5 rings (SSSR count). The van der Waals surface area contributed by atoms with Crippen LogP contribution in [0.25, 0.3) is 11.0 Å². The normalized spacial score (nSPS) is 15.4. The Balaban J connectivity index is 1.40. The topological polar surface area (TPSA) is 35.2 Å². The summed E-state index contributed by atoms with van der Waals surface area (Å²) >= 11 is 0. The summed E-state index contributed by atoms with van der Waals surface area (Å²) in [6.45, 7) is 4.07. The second-order valence-electron chi connectivity index (χ2n) is 7.31. The fraction of sp³-hybridized carbons (Fsp3) is 0.208. The Morgan fingerprint density at radius 3 is 2.04 bits per heavy atom. The van der Waals surface area contributed by atoms with Crippen LogP contribution in [-0.2, 0) is 0 Å². The van der Waals surface area contributed by atoms with Crippen molar-refractivity contribution in [2.24, 2.45) is 0 Å². The van der Waals surface area contributed by atoms with Crippen molar-refractivity contribution in [1.29, 1.82) is 0 Å². The Bertz CT molecular complexity index is 994. The summed E-state index contributed by atoms with van der Waals surface area (Å²) in [7, 11) is 0. The third-order valence-corrected chi connectivity index (χ3v) is 5.68. The van der Waals surface area contributed by atoms with E-state index in [4.69, 9.17) is 0 Å². The maximum absolute atomic E-state index is 4.45. The predicted molar refractivity (Wildman–Crippen MR) is 115 cm³/mol. The summed E-state index contributed by atoms with van der Waals surface area (Å²) in [6, 6.07) is 26.2. The smallest absolute Gasteiger partial charge is 0.0900 e. The van der Waals surface area contributed by atoms with E-state index >= 15 is 0 Å². The molecule has 1 saturated heterocycles. The Hall–Kier alpha value is -3.11. The van der Waals surface area contributed by atoms with Crippen LogP contribution in [-0.4, -0.2) is 41.0 Å². The van der Waals surface area contributed by atoms with Gasteiger partial charge in [0.05, 0.1) is 22.8 Å². The lowest BCUT2D eigenvalue weighted by Gasteiger charge is -2.40. The van der Waals surface area contributed by atoms with E-state index in [9.17, 15) is 0 Å². The molecule has 0 amide bonds. The monoisotopic (exact) mass is 368 g/mol. The first-order valence-electron chi connectivity index (χ1n) is 9.91. The SMILES string of the molecule is c1ccc(C(c2ccccc2)N2CCN(c3ccnc4cc[nH]c34)CC2)cc1. The number of nitrogens with one attached hydrogen (secondary N) is 1. The third kappa shape index (κ3) is 3.16. The zero-order valence-electron chi connectivity index (χ0n) is 15.8. The van der Waals surface area contributed by atoms with Gasteiger partial charge in [0.25, 0.3) is 0 Å². The predicted octanol–water partition coefficient (Wildman–Crippen LogP) is 4.47. The van der Waals surface area contributed by atoms with Crippen LogP contribution >= 0.6 is 0 Å². The lowest BCUT2D eigenvalue weighted by Crippen LogP contribution is -2.48. The number of hydrogen-bond acceptors (Lipinski definition) is 3. The van der Waals surface area contributed by atoms with Gasteiger partial charge in [0.1, 0.15) is 0 Å². The molecule has 1 fully saturated rings. The van der Waals surface area contributed by atoms with Crippen LogP contribution in [0.3, 0.4) is 0 Å². The molecule has 2 aromatic carbocycles. The molecule has 4 aromatic rings. The minimum Gasteiger partial charge on any atom is -0.367 e. The number of piperazine rings is 1. The van der Waals surface area contributed by atoms with E-state index in [1.807, 2.05) is 18.5 Å². The summed E-state index contributed by atoms with van der Waals surface area (Å²) in [5.41, 5.74) is 6.14. The maximum Gasteiger partial charge on any atom is 0.0900 e. The van der Waals surface area contributed by atoms with E-state index in [-0.39, 0.29) is 0 Å². The van der Waals surface area contributed by atoms with Gasteiger partial charge in [-0.05, 0) is 23.3 Å². The molecule has 1 N–H and O–H groups in total. The Labute approximate surface area is 165 Å². The van der Waals surface area contributed by atoms with Gasteiger partial charge in [-0.2, -0.15) is 0 Å². The molecule has 0 bridgehead atoms. The quantitative estimate of drug-likeness (QED) is 0.577. The molecule has 0 atom stereocenters. The number of aromatic nitrogens is 2. The van der Waals surface area contributed by atoms with Gasteiger partial charge in [0.2, 0.25) is 0 Å². The van der Waals surface area contributed by atoms with Crippen molar-refractivity contribution in [2.45, 2.75) is 6.04 Å². The van der Waals surface area contributed by atoms with E-state index in [2.05, 4.69) is 86.5 Å². The number of fused-ring (bicyclic) bond motifs is 1. The fourth-order valence-electron chi connectivity index (χ4n) is 4.31. The molecular formula is C24H24N4. The average Bonchev–Trinajstić information content (AvgIpc) is 3.25. The molecule has 0 unspecified atom stereocenters. The van der Waals surface area contributed by atoms with Crippen molar-refractivity contribution in [3.05, 3.63) is 96.3 Å². The number of benzene rings is 2. The number of rotatable bonds is 4. The van der Waals surface area contributed by atoms with Gasteiger partial charge >= 0.3 is 0 Å². The summed E-state index contributed by atoms with van der Waals surface area (Å²) in [5.74, 6) is 0. The van der Waals surface area contributed by atoms with Crippen molar-refractivity contribution in [3.63, 3.8) is 0 Å². The third-order valence-electron chi connectivity index (χ3n) is 5.68. The van der Waals surface area contributed by atoms with Crippen LogP contribution in [0, 0.1) is 0 Å². The average molecular weight is 368 g/mol. The molecule has 0 saturated carbocycles. The standard InChI is InChI=1S/C24H24N4/c1-3-7-19(8-4-1)24(20-9-5-2-6-10-20)28-17-15-27(16-18-28)22-12-14-25-21-11-13-26-23(21)22/h1-14,24,26H,15-18H2. The zero-order valence-corrected chi connectivity index (χ0v) is 15.8. The van der Waals surface area contributed by atoms with E-state index in [0.29, 0.717) is 6.04 Å². The molecule has 0 radical (unpaired) electrons. The Morgan fingerprint density at radius 2 is 1.39 bits per heavy atom. The van der Waals surface area contributed by atoms with E-state index in [1.165, 1.54) is 16.8 Å². The number of pyridine rings is 1. The first-order chi connectivity index (χ1) is 13.9. The van der Waals surface area contributed by atoms with E-state index in [0.717, 1.165) is 37.2 Å². The van der Waals surface area contributed by atoms with Crippen LogP contribution in [0.15, 0.2) is 85.2 Å². The van der Waals surface area contributed by atoms with Crippen molar-refractivity contribution in [1.82, 2.24) is 14.9 Å².